The topological polar surface area (TPSA) is 118 Å². The number of rotatable bonds is 3. The van der Waals surface area contributed by atoms with E-state index in [1.54, 1.807) is 0 Å². The van der Waals surface area contributed by atoms with E-state index in [0.29, 0.717) is 0 Å². The highest BCUT2D eigenvalue weighted by Crippen LogP contribution is 2.20. The van der Waals surface area contributed by atoms with E-state index < -0.39 is 45.8 Å². The summed E-state index contributed by atoms with van der Waals surface area (Å²) in [5.41, 5.74) is -1.05. The number of carbonyl (C=O) groups is 3. The van der Waals surface area contributed by atoms with Crippen molar-refractivity contribution in [3.8, 4) is 0 Å². The molecule has 0 bridgehead atoms. The summed E-state index contributed by atoms with van der Waals surface area (Å²) in [6.45, 7) is 0. The van der Waals surface area contributed by atoms with Crippen molar-refractivity contribution in [1.82, 2.24) is 10.6 Å². The predicted molar refractivity (Wildman–Crippen MR) is 66.7 cm³/mol. The molecule has 3 amide bonds. The molecule has 8 nitrogen and oxygen atoms in total. The van der Waals surface area contributed by atoms with Crippen LogP contribution < -0.4 is 10.6 Å². The Morgan fingerprint density at radius 1 is 1.43 bits per heavy atom. The Morgan fingerprint density at radius 2 is 2.14 bits per heavy atom. The zero-order chi connectivity index (χ0) is 15.6. The van der Waals surface area contributed by atoms with Crippen LogP contribution in [0.2, 0.25) is 0 Å². The number of imide groups is 1. The first-order chi connectivity index (χ1) is 9.88. The lowest BCUT2D eigenvalue weighted by atomic mass is 10.1. The van der Waals surface area contributed by atoms with Crippen LogP contribution in [0.4, 0.5) is 10.1 Å². The first-order valence-electron chi connectivity index (χ1n) is 5.97. The van der Waals surface area contributed by atoms with E-state index in [-0.39, 0.29) is 12.8 Å². The fraction of sp³-hybridized carbons (Fsp3) is 0.250. The third-order valence-electron chi connectivity index (χ3n) is 2.94. The van der Waals surface area contributed by atoms with Gasteiger partial charge < -0.3 is 5.32 Å². The summed E-state index contributed by atoms with van der Waals surface area (Å²) in [5.74, 6) is -2.91. The second kappa shape index (κ2) is 5.65. The van der Waals surface area contributed by atoms with Gasteiger partial charge in [0.1, 0.15) is 17.4 Å². The summed E-state index contributed by atoms with van der Waals surface area (Å²) in [6.07, 6.45) is 0.126. The molecule has 1 aromatic carbocycles. The smallest absolute Gasteiger partial charge is 0.282 e. The van der Waals surface area contributed by atoms with Crippen LogP contribution in [0.3, 0.4) is 0 Å². The molecule has 1 saturated heterocycles. The minimum Gasteiger partial charge on any atom is -0.340 e. The van der Waals surface area contributed by atoms with E-state index in [9.17, 15) is 28.9 Å². The molecule has 0 aromatic heterocycles. The van der Waals surface area contributed by atoms with E-state index in [2.05, 4.69) is 5.32 Å². The van der Waals surface area contributed by atoms with Crippen LogP contribution >= 0.6 is 0 Å². The summed E-state index contributed by atoms with van der Waals surface area (Å²) in [5, 5.41) is 15.1. The fourth-order valence-corrected chi connectivity index (χ4v) is 1.92. The molecule has 2 rings (SSSR count). The molecule has 9 heteroatoms. The van der Waals surface area contributed by atoms with E-state index in [4.69, 9.17) is 0 Å². The van der Waals surface area contributed by atoms with Crippen molar-refractivity contribution in [2.75, 3.05) is 0 Å². The van der Waals surface area contributed by atoms with Crippen LogP contribution in [-0.4, -0.2) is 28.7 Å². The molecule has 21 heavy (non-hydrogen) atoms. The number of hydrogen-bond acceptors (Lipinski definition) is 5. The lowest BCUT2D eigenvalue weighted by Crippen LogP contribution is -2.52. The summed E-state index contributed by atoms with van der Waals surface area (Å²) in [6, 6.07) is 1.47. The zero-order valence-electron chi connectivity index (χ0n) is 10.6. The van der Waals surface area contributed by atoms with E-state index >= 15 is 0 Å². The van der Waals surface area contributed by atoms with Crippen molar-refractivity contribution >= 4 is 23.4 Å². The monoisotopic (exact) mass is 295 g/mol. The number of carbonyl (C=O) groups excluding carboxylic acids is 3. The number of hydrogen-bond donors (Lipinski definition) is 2. The first-order valence-corrected chi connectivity index (χ1v) is 5.97. The first kappa shape index (κ1) is 14.6. The van der Waals surface area contributed by atoms with Gasteiger partial charge in [0.25, 0.3) is 11.6 Å². The Labute approximate surface area is 117 Å². The fourth-order valence-electron chi connectivity index (χ4n) is 1.92. The maximum atomic E-state index is 13.2. The molecule has 0 aliphatic carbocycles. The van der Waals surface area contributed by atoms with Crippen molar-refractivity contribution in [3.63, 3.8) is 0 Å². The van der Waals surface area contributed by atoms with Crippen molar-refractivity contribution in [2.45, 2.75) is 18.9 Å². The van der Waals surface area contributed by atoms with Crippen LogP contribution in [0, 0.1) is 15.9 Å². The van der Waals surface area contributed by atoms with E-state index in [1.807, 2.05) is 5.32 Å². The van der Waals surface area contributed by atoms with Crippen LogP contribution in [0.1, 0.15) is 23.2 Å². The molecule has 110 valence electrons. The molecular formula is C12H10FN3O5. The molecule has 2 N–H and O–H groups in total. The number of halogens is 1. The molecular weight excluding hydrogens is 285 g/mol. The number of amides is 3. The molecule has 1 fully saturated rings. The second-order valence-corrected chi connectivity index (χ2v) is 4.40. The van der Waals surface area contributed by atoms with Crippen LogP contribution in [0.25, 0.3) is 0 Å². The van der Waals surface area contributed by atoms with Crippen molar-refractivity contribution in [2.24, 2.45) is 0 Å². The van der Waals surface area contributed by atoms with Crippen LogP contribution in [-0.2, 0) is 9.59 Å². The van der Waals surface area contributed by atoms with E-state index in [1.165, 1.54) is 0 Å². The summed E-state index contributed by atoms with van der Waals surface area (Å²) < 4.78 is 13.2. The number of nitro benzene ring substituents is 1. The van der Waals surface area contributed by atoms with Crippen LogP contribution in [0.5, 0.6) is 0 Å². The maximum Gasteiger partial charge on any atom is 0.282 e. The molecule has 1 aliphatic heterocycles. The maximum absolute atomic E-state index is 13.2. The van der Waals surface area contributed by atoms with Gasteiger partial charge in [-0.1, -0.05) is 0 Å². The lowest BCUT2D eigenvalue weighted by molar-refractivity contribution is -0.385. The van der Waals surface area contributed by atoms with Crippen molar-refractivity contribution in [3.05, 3.63) is 39.7 Å². The van der Waals surface area contributed by atoms with Crippen LogP contribution in [0.15, 0.2) is 18.2 Å². The van der Waals surface area contributed by atoms with Gasteiger partial charge in [-0.25, -0.2) is 4.39 Å². The van der Waals surface area contributed by atoms with Gasteiger partial charge in [0.2, 0.25) is 11.8 Å². The SMILES string of the molecule is O=C1CCC(NC(=O)c2cc(F)ccc2[N+](=O)[O-])C(=O)N1. The van der Waals surface area contributed by atoms with Crippen molar-refractivity contribution < 1.29 is 23.7 Å². The van der Waals surface area contributed by atoms with Gasteiger partial charge in [-0.05, 0) is 18.6 Å². The van der Waals surface area contributed by atoms with Gasteiger partial charge in [-0.3, -0.25) is 29.8 Å². The average Bonchev–Trinajstić information content (AvgIpc) is 2.41. The van der Waals surface area contributed by atoms with Gasteiger partial charge in [0.05, 0.1) is 4.92 Å². The normalized spacial score (nSPS) is 18.0. The number of nitro groups is 1. The molecule has 1 aliphatic rings. The molecule has 1 atom stereocenters. The second-order valence-electron chi connectivity index (χ2n) is 4.40. The highest BCUT2D eigenvalue weighted by Gasteiger charge is 2.30. The van der Waals surface area contributed by atoms with Gasteiger partial charge >= 0.3 is 0 Å². The standard InChI is InChI=1S/C12H10FN3O5/c13-6-1-3-9(16(20)21)7(5-6)11(18)14-8-2-4-10(17)15-12(8)19/h1,3,5,8H,2,4H2,(H,14,18)(H,15,17,19). The minimum atomic E-state index is -0.988. The highest BCUT2D eigenvalue weighted by molar-refractivity contribution is 6.04. The zero-order valence-corrected chi connectivity index (χ0v) is 10.6. The molecule has 0 spiro atoms. The Bertz CT molecular complexity index is 646. The average molecular weight is 295 g/mol. The predicted octanol–water partition coefficient (Wildman–Crippen LogP) is 0.269. The third kappa shape index (κ3) is 3.19. The molecule has 0 radical (unpaired) electrons. The van der Waals surface area contributed by atoms with Gasteiger partial charge in [0.15, 0.2) is 0 Å². The Balaban J connectivity index is 2.21. The largest absolute Gasteiger partial charge is 0.340 e. The molecule has 1 unspecified atom stereocenters. The summed E-state index contributed by atoms with van der Waals surface area (Å²) in [4.78, 5) is 44.4. The number of benzene rings is 1. The highest BCUT2D eigenvalue weighted by atomic mass is 19.1. The Kier molecular flexibility index (Phi) is 3.92. The Morgan fingerprint density at radius 3 is 2.76 bits per heavy atom. The quantitative estimate of drug-likeness (QED) is 0.471. The third-order valence-corrected chi connectivity index (χ3v) is 2.94. The lowest BCUT2D eigenvalue weighted by Gasteiger charge is -2.21. The van der Waals surface area contributed by atoms with Crippen molar-refractivity contribution in [1.29, 1.82) is 0 Å². The molecule has 1 heterocycles. The number of nitrogens with one attached hydrogen (secondary N) is 2. The molecule has 1 aromatic rings. The Hall–Kier alpha value is -2.84. The number of piperidine rings is 1. The molecule has 0 saturated carbocycles. The minimum absolute atomic E-state index is 0.0436. The van der Waals surface area contributed by atoms with Gasteiger partial charge in [0, 0.05) is 12.5 Å². The summed E-state index contributed by atoms with van der Waals surface area (Å²) >= 11 is 0. The van der Waals surface area contributed by atoms with E-state index in [0.717, 1.165) is 18.2 Å². The summed E-state index contributed by atoms with van der Waals surface area (Å²) in [7, 11) is 0. The van der Waals surface area contributed by atoms with Gasteiger partial charge in [-0.15, -0.1) is 0 Å². The van der Waals surface area contributed by atoms with Gasteiger partial charge in [-0.2, -0.15) is 0 Å². The number of nitrogens with zero attached hydrogens (tertiary/aromatic N) is 1.